The van der Waals surface area contributed by atoms with Crippen molar-refractivity contribution in [3.8, 4) is 28.6 Å². The minimum absolute atomic E-state index is 0.111. The number of hydroxylamine groups is 3. The standard InChI is InChI=1S/C31H29N7O5/c1-38(42,23-9-10-23)17-3-6-27(40)35-20-4-2-5-22(18-20)37-30-28(29(32)33-19-34-30)36(31(37)41)21-7-13-25(14-8-21)43-26-15-11-24(39)12-16-26/h2-8,11-16,18-19,23,39H,9-10,17H2,1H3,(H,35,40)(H2,32,33,34). The highest BCUT2D eigenvalue weighted by Gasteiger charge is 2.34. The third-order valence-corrected chi connectivity index (χ3v) is 7.24. The number of aromatic hydroxyl groups is 1. The number of rotatable bonds is 9. The molecule has 1 atom stereocenters. The van der Waals surface area contributed by atoms with Gasteiger partial charge in [0.25, 0.3) is 0 Å². The number of aromatic nitrogens is 4. The number of benzene rings is 3. The number of imidazole rings is 1. The number of anilines is 2. The van der Waals surface area contributed by atoms with Gasteiger partial charge in [0.15, 0.2) is 11.5 Å². The van der Waals surface area contributed by atoms with Gasteiger partial charge >= 0.3 is 5.69 Å². The van der Waals surface area contributed by atoms with Crippen LogP contribution >= 0.6 is 0 Å². The lowest BCUT2D eigenvalue weighted by Gasteiger charge is -2.38. The highest BCUT2D eigenvalue weighted by Crippen LogP contribution is 2.31. The van der Waals surface area contributed by atoms with Gasteiger partial charge in [-0.1, -0.05) is 6.07 Å². The van der Waals surface area contributed by atoms with E-state index in [1.807, 2.05) is 0 Å². The minimum atomic E-state index is -0.439. The molecule has 0 spiro atoms. The van der Waals surface area contributed by atoms with Crippen molar-refractivity contribution in [2.45, 2.75) is 18.9 Å². The number of hydrogen-bond acceptors (Lipinski definition) is 8. The number of ether oxygens (including phenoxy) is 1. The molecule has 0 radical (unpaired) electrons. The fraction of sp³-hybridized carbons (Fsp3) is 0.161. The number of nitrogens with zero attached hydrogens (tertiary/aromatic N) is 5. The zero-order chi connectivity index (χ0) is 30.1. The van der Waals surface area contributed by atoms with Gasteiger partial charge in [-0.25, -0.2) is 19.3 Å². The van der Waals surface area contributed by atoms with Crippen molar-refractivity contribution in [1.82, 2.24) is 19.1 Å². The quantitative estimate of drug-likeness (QED) is 0.133. The van der Waals surface area contributed by atoms with Crippen LogP contribution in [0.5, 0.6) is 17.2 Å². The number of phenolic OH excluding ortho intramolecular Hbond substituents is 1. The molecule has 5 aromatic rings. The van der Waals surface area contributed by atoms with Gasteiger partial charge < -0.3 is 30.7 Å². The Morgan fingerprint density at radius 3 is 2.47 bits per heavy atom. The van der Waals surface area contributed by atoms with Crippen molar-refractivity contribution < 1.29 is 19.3 Å². The van der Waals surface area contributed by atoms with Gasteiger partial charge in [0.05, 0.1) is 31.0 Å². The Bertz CT molecular complexity index is 1890. The third-order valence-electron chi connectivity index (χ3n) is 7.24. The molecular weight excluding hydrogens is 550 g/mol. The zero-order valence-electron chi connectivity index (χ0n) is 23.3. The maximum Gasteiger partial charge on any atom is 0.339 e. The largest absolute Gasteiger partial charge is 0.633 e. The highest BCUT2D eigenvalue weighted by molar-refractivity contribution is 5.99. The van der Waals surface area contributed by atoms with Gasteiger partial charge in [0, 0.05) is 24.6 Å². The van der Waals surface area contributed by atoms with Crippen LogP contribution in [-0.4, -0.2) is 54.4 Å². The van der Waals surface area contributed by atoms with E-state index in [1.54, 1.807) is 73.8 Å². The molecule has 1 saturated carbocycles. The number of nitrogens with one attached hydrogen (secondary N) is 1. The first-order valence-electron chi connectivity index (χ1n) is 13.6. The molecule has 0 saturated heterocycles. The molecule has 6 rings (SSSR count). The Morgan fingerprint density at radius 2 is 1.77 bits per heavy atom. The normalized spacial score (nSPS) is 14.6. The number of fused-ring (bicyclic) bond motifs is 1. The molecule has 12 nitrogen and oxygen atoms in total. The van der Waals surface area contributed by atoms with Gasteiger partial charge in [-0.05, 0) is 72.8 Å². The summed E-state index contributed by atoms with van der Waals surface area (Å²) in [6.07, 6.45) is 6.06. The van der Waals surface area contributed by atoms with E-state index in [-0.39, 0.29) is 40.4 Å². The van der Waals surface area contributed by atoms with Crippen molar-refractivity contribution in [2.75, 3.05) is 24.6 Å². The zero-order valence-corrected chi connectivity index (χ0v) is 23.3. The number of amides is 1. The third kappa shape index (κ3) is 5.82. The molecule has 12 heteroatoms. The number of likely N-dealkylation sites (N-methyl/N-ethyl adjacent to an activating group) is 1. The van der Waals surface area contributed by atoms with Crippen LogP contribution in [0.3, 0.4) is 0 Å². The van der Waals surface area contributed by atoms with Crippen LogP contribution in [-0.2, 0) is 4.79 Å². The number of nitrogens with two attached hydrogens (primary N) is 1. The second-order valence-corrected chi connectivity index (χ2v) is 10.5. The number of nitrogen functional groups attached to an aromatic ring is 1. The van der Waals surface area contributed by atoms with Gasteiger partial charge in [0.1, 0.15) is 29.1 Å². The monoisotopic (exact) mass is 579 g/mol. The predicted molar refractivity (Wildman–Crippen MR) is 162 cm³/mol. The van der Waals surface area contributed by atoms with Crippen molar-refractivity contribution in [2.24, 2.45) is 0 Å². The maximum absolute atomic E-state index is 13.9. The van der Waals surface area contributed by atoms with Crippen LogP contribution in [0.25, 0.3) is 22.5 Å². The van der Waals surface area contributed by atoms with Gasteiger partial charge in [-0.3, -0.25) is 9.36 Å². The molecule has 1 unspecified atom stereocenters. The van der Waals surface area contributed by atoms with Gasteiger partial charge in [-0.2, -0.15) is 0 Å². The first-order valence-corrected chi connectivity index (χ1v) is 13.6. The van der Waals surface area contributed by atoms with Crippen molar-refractivity contribution in [1.29, 1.82) is 0 Å². The second kappa shape index (κ2) is 11.1. The molecule has 4 N–H and O–H groups in total. The molecule has 1 amide bonds. The predicted octanol–water partition coefficient (Wildman–Crippen LogP) is 4.25. The summed E-state index contributed by atoms with van der Waals surface area (Å²) in [5.74, 6) is 0.938. The van der Waals surface area contributed by atoms with E-state index in [2.05, 4.69) is 15.3 Å². The first-order chi connectivity index (χ1) is 20.7. The molecule has 0 bridgehead atoms. The number of carbonyl (C=O) groups excluding carboxylic acids is 1. The lowest BCUT2D eigenvalue weighted by molar-refractivity contribution is -0.865. The molecule has 3 aromatic carbocycles. The molecular formula is C31H29N7O5. The Kier molecular flexibility index (Phi) is 7.14. The topological polar surface area (TPSA) is 160 Å². The number of carbonyl (C=O) groups is 1. The number of quaternary nitrogens is 1. The number of phenols is 1. The maximum atomic E-state index is 13.9. The summed E-state index contributed by atoms with van der Waals surface area (Å²) in [7, 11) is 1.62. The van der Waals surface area contributed by atoms with Crippen molar-refractivity contribution in [3.63, 3.8) is 0 Å². The van der Waals surface area contributed by atoms with Crippen LogP contribution < -0.4 is 21.5 Å². The summed E-state index contributed by atoms with van der Waals surface area (Å²) in [6.45, 7) is 0.220. The molecule has 1 aliphatic rings. The van der Waals surface area contributed by atoms with Crippen LogP contribution in [0.4, 0.5) is 11.5 Å². The second-order valence-electron chi connectivity index (χ2n) is 10.5. The summed E-state index contributed by atoms with van der Waals surface area (Å²) in [6, 6.07) is 20.1. The van der Waals surface area contributed by atoms with Crippen LogP contribution in [0.1, 0.15) is 12.8 Å². The van der Waals surface area contributed by atoms with Gasteiger partial charge in [0.2, 0.25) is 5.91 Å². The summed E-state index contributed by atoms with van der Waals surface area (Å²) in [5, 5.41) is 24.7. The van der Waals surface area contributed by atoms with E-state index in [4.69, 9.17) is 10.5 Å². The Hall–Kier alpha value is -5.46. The van der Waals surface area contributed by atoms with Crippen molar-refractivity contribution >= 4 is 28.6 Å². The molecule has 1 aliphatic carbocycles. The average Bonchev–Trinajstić information content (AvgIpc) is 3.80. The lowest BCUT2D eigenvalue weighted by atomic mass is 10.2. The molecule has 2 aromatic heterocycles. The van der Waals surface area contributed by atoms with E-state index in [0.717, 1.165) is 12.8 Å². The van der Waals surface area contributed by atoms with E-state index < -0.39 is 5.69 Å². The van der Waals surface area contributed by atoms with Crippen LogP contribution in [0, 0.1) is 5.21 Å². The lowest BCUT2D eigenvalue weighted by Crippen LogP contribution is -2.39. The summed E-state index contributed by atoms with van der Waals surface area (Å²) in [5.41, 5.74) is 7.84. The average molecular weight is 580 g/mol. The molecule has 0 aliphatic heterocycles. The first kappa shape index (κ1) is 27.7. The molecule has 218 valence electrons. The summed E-state index contributed by atoms with van der Waals surface area (Å²) >= 11 is 0. The van der Waals surface area contributed by atoms with E-state index >= 15 is 0 Å². The molecule has 1 fully saturated rings. The summed E-state index contributed by atoms with van der Waals surface area (Å²) in [4.78, 5) is 34.9. The fourth-order valence-electron chi connectivity index (χ4n) is 4.88. The van der Waals surface area contributed by atoms with E-state index in [9.17, 15) is 19.9 Å². The minimum Gasteiger partial charge on any atom is -0.633 e. The molecule has 43 heavy (non-hydrogen) atoms. The van der Waals surface area contributed by atoms with E-state index in [1.165, 1.54) is 33.7 Å². The fourth-order valence-corrected chi connectivity index (χ4v) is 4.88. The highest BCUT2D eigenvalue weighted by atomic mass is 16.5. The number of hydrogen-bond donors (Lipinski definition) is 3. The van der Waals surface area contributed by atoms with Crippen molar-refractivity contribution in [3.05, 3.63) is 107 Å². The smallest absolute Gasteiger partial charge is 0.339 e. The van der Waals surface area contributed by atoms with Crippen LogP contribution in [0.2, 0.25) is 0 Å². The van der Waals surface area contributed by atoms with Crippen LogP contribution in [0.15, 0.2) is 96.1 Å². The summed E-state index contributed by atoms with van der Waals surface area (Å²) < 4.78 is 8.26. The molecule has 2 heterocycles. The SMILES string of the molecule is C[N+]([O-])(CC=CC(=O)Nc1cccc(-n2c(=O)n(-c3ccc(Oc4ccc(O)cc4)cc3)c3c(N)ncnc32)c1)C1CC1. The van der Waals surface area contributed by atoms with Gasteiger partial charge in [-0.15, -0.1) is 0 Å². The Balaban J connectivity index is 1.29. The van der Waals surface area contributed by atoms with E-state index in [0.29, 0.717) is 34.1 Å². The Labute approximate surface area is 246 Å². The Morgan fingerprint density at radius 1 is 1.07 bits per heavy atom.